The van der Waals surface area contributed by atoms with Crippen LogP contribution in [0.4, 0.5) is 4.79 Å². The van der Waals surface area contributed by atoms with Crippen LogP contribution in [0.5, 0.6) is 11.6 Å². The SMILES string of the molecule is CCOc1cc(O[C@@H]2C[C@H]3C(=O)N[C@]4(C(=O)O)C[C@@H]4/C=C\CCCC[C@H](NC(=O)OC4CCCC4)CC(=O)N3C2)c2cccc(S(C)(=O)=O)c2n1. The summed E-state index contributed by atoms with van der Waals surface area (Å²) in [6.45, 7) is 2.01. The number of carbonyl (C=O) groups excluding carboxylic acids is 3. The second-order valence-corrected chi connectivity index (χ2v) is 16.0. The zero-order chi connectivity index (χ0) is 36.3. The van der Waals surface area contributed by atoms with Gasteiger partial charge in [0.1, 0.15) is 29.5 Å². The summed E-state index contributed by atoms with van der Waals surface area (Å²) in [5.74, 6) is -2.12. The Morgan fingerprint density at radius 1 is 1.12 bits per heavy atom. The lowest BCUT2D eigenvalue weighted by molar-refractivity contribution is -0.145. The number of fused-ring (bicyclic) bond motifs is 3. The summed E-state index contributed by atoms with van der Waals surface area (Å²) in [5, 5.41) is 16.2. The molecule has 2 saturated carbocycles. The van der Waals surface area contributed by atoms with Gasteiger partial charge in [-0.15, -0.1) is 0 Å². The molecule has 2 aromatic rings. The van der Waals surface area contributed by atoms with E-state index in [2.05, 4.69) is 15.6 Å². The minimum Gasteiger partial charge on any atom is -0.488 e. The van der Waals surface area contributed by atoms with E-state index in [1.807, 2.05) is 12.2 Å². The Bertz CT molecular complexity index is 1810. The molecule has 1 aromatic heterocycles. The van der Waals surface area contributed by atoms with Crippen LogP contribution in [0.25, 0.3) is 10.9 Å². The molecule has 6 rings (SSSR count). The van der Waals surface area contributed by atoms with Crippen LogP contribution in [-0.4, -0.2) is 96.5 Å². The van der Waals surface area contributed by atoms with Gasteiger partial charge < -0.3 is 34.9 Å². The number of hydrogen-bond donors (Lipinski definition) is 3. The average molecular weight is 727 g/mol. The van der Waals surface area contributed by atoms with Gasteiger partial charge in [-0.2, -0.15) is 0 Å². The number of aliphatic carboxylic acids is 1. The molecule has 276 valence electrons. The molecule has 2 aliphatic carbocycles. The molecule has 0 unspecified atom stereocenters. The summed E-state index contributed by atoms with van der Waals surface area (Å²) < 4.78 is 43.0. The number of carboxylic acids is 1. The second-order valence-electron chi connectivity index (χ2n) is 14.0. The molecule has 15 heteroatoms. The summed E-state index contributed by atoms with van der Waals surface area (Å²) in [4.78, 5) is 59.2. The molecule has 14 nitrogen and oxygen atoms in total. The highest BCUT2D eigenvalue weighted by Gasteiger charge is 2.61. The van der Waals surface area contributed by atoms with Crippen molar-refractivity contribution in [2.75, 3.05) is 19.4 Å². The van der Waals surface area contributed by atoms with Crippen molar-refractivity contribution in [3.05, 3.63) is 36.4 Å². The maximum Gasteiger partial charge on any atom is 0.407 e. The van der Waals surface area contributed by atoms with Crippen LogP contribution in [0.2, 0.25) is 0 Å². The number of nitrogens with one attached hydrogen (secondary N) is 2. The number of alkyl carbamates (subject to hydrolysis) is 1. The van der Waals surface area contributed by atoms with Crippen molar-refractivity contribution in [2.45, 2.75) is 112 Å². The van der Waals surface area contributed by atoms with E-state index in [9.17, 15) is 32.7 Å². The Balaban J connectivity index is 1.29. The Morgan fingerprint density at radius 2 is 1.88 bits per heavy atom. The Kier molecular flexibility index (Phi) is 10.7. The van der Waals surface area contributed by atoms with Crippen molar-refractivity contribution < 1.29 is 46.9 Å². The standard InChI is InChI=1S/C36H46N4O10S/c1-3-48-30-19-28(26-15-10-16-29(32(26)38-30)51(2,46)47)49-25-18-27-33(42)39-36(34(43)44)20-22(36)11-6-4-5-7-12-23(17-31(41)40(27)21-25)37-35(45)50-24-13-8-9-14-24/h6,10-11,15-16,19,22-25,27H,3-5,7-9,12-14,17-18,20-21H2,1-2H3,(H,37,45)(H,39,42)(H,43,44)/b11-6-/t22-,23-,25+,27-,36+/m0/s1. The van der Waals surface area contributed by atoms with Gasteiger partial charge in [0.05, 0.1) is 23.6 Å². The van der Waals surface area contributed by atoms with Gasteiger partial charge in [-0.25, -0.2) is 23.0 Å². The molecule has 0 bridgehead atoms. The highest BCUT2D eigenvalue weighted by Crippen LogP contribution is 2.45. The number of benzene rings is 1. The lowest BCUT2D eigenvalue weighted by Crippen LogP contribution is -2.53. The van der Waals surface area contributed by atoms with Gasteiger partial charge in [0.15, 0.2) is 9.84 Å². The number of para-hydroxylation sites is 1. The quantitative estimate of drug-likeness (QED) is 0.335. The van der Waals surface area contributed by atoms with E-state index in [1.165, 1.54) is 11.0 Å². The van der Waals surface area contributed by atoms with E-state index in [1.54, 1.807) is 25.1 Å². The fourth-order valence-electron chi connectivity index (χ4n) is 7.47. The molecule has 2 aliphatic heterocycles. The summed E-state index contributed by atoms with van der Waals surface area (Å²) in [6, 6.07) is 4.65. The number of ether oxygens (including phenoxy) is 3. The number of hydrogen-bond acceptors (Lipinski definition) is 10. The lowest BCUT2D eigenvalue weighted by atomic mass is 10.0. The monoisotopic (exact) mass is 726 g/mol. The molecule has 5 atom stereocenters. The Hall–Kier alpha value is -4.40. The van der Waals surface area contributed by atoms with Crippen LogP contribution >= 0.6 is 0 Å². The molecule has 0 radical (unpaired) electrons. The molecule has 3 N–H and O–H groups in total. The van der Waals surface area contributed by atoms with Crippen molar-refractivity contribution in [1.82, 2.24) is 20.5 Å². The largest absolute Gasteiger partial charge is 0.488 e. The second kappa shape index (κ2) is 15.1. The van der Waals surface area contributed by atoms with E-state index in [4.69, 9.17) is 14.2 Å². The van der Waals surface area contributed by atoms with Crippen molar-refractivity contribution in [1.29, 1.82) is 0 Å². The number of carboxylic acid groups (broad SMARTS) is 1. The zero-order valence-electron chi connectivity index (χ0n) is 29.0. The van der Waals surface area contributed by atoms with Crippen molar-refractivity contribution >= 4 is 44.6 Å². The molecule has 3 amide bonds. The van der Waals surface area contributed by atoms with E-state index in [-0.39, 0.29) is 66.5 Å². The Labute approximate surface area is 297 Å². The number of allylic oxidation sites excluding steroid dienone is 1. The molecule has 1 aromatic carbocycles. The van der Waals surface area contributed by atoms with E-state index in [0.717, 1.165) is 38.4 Å². The number of sulfone groups is 1. The minimum absolute atomic E-state index is 0.00273. The van der Waals surface area contributed by atoms with Gasteiger partial charge in [-0.3, -0.25) is 9.59 Å². The van der Waals surface area contributed by atoms with Gasteiger partial charge in [0.2, 0.25) is 17.7 Å². The highest BCUT2D eigenvalue weighted by molar-refractivity contribution is 7.91. The van der Waals surface area contributed by atoms with E-state index >= 15 is 0 Å². The van der Waals surface area contributed by atoms with Crippen LogP contribution in [0, 0.1) is 5.92 Å². The molecule has 4 aliphatic rings. The summed E-state index contributed by atoms with van der Waals surface area (Å²) in [5.41, 5.74) is -1.30. The number of amides is 3. The number of rotatable bonds is 8. The number of pyridine rings is 1. The van der Waals surface area contributed by atoms with Gasteiger partial charge >= 0.3 is 12.1 Å². The van der Waals surface area contributed by atoms with Gasteiger partial charge in [0.25, 0.3) is 0 Å². The summed E-state index contributed by atoms with van der Waals surface area (Å²) in [7, 11) is -3.67. The summed E-state index contributed by atoms with van der Waals surface area (Å²) in [6.07, 6.45) is 9.89. The van der Waals surface area contributed by atoms with Gasteiger partial charge in [-0.05, 0) is 70.4 Å². The van der Waals surface area contributed by atoms with Gasteiger partial charge in [-0.1, -0.05) is 24.6 Å². The van der Waals surface area contributed by atoms with Gasteiger partial charge in [0, 0.05) is 42.5 Å². The zero-order valence-corrected chi connectivity index (χ0v) is 29.8. The fourth-order valence-corrected chi connectivity index (χ4v) is 8.30. The van der Waals surface area contributed by atoms with Crippen LogP contribution in [0.1, 0.15) is 77.6 Å². The normalized spacial score (nSPS) is 28.1. The molecule has 51 heavy (non-hydrogen) atoms. The first-order valence-electron chi connectivity index (χ1n) is 17.8. The van der Waals surface area contributed by atoms with Crippen molar-refractivity contribution in [2.24, 2.45) is 5.92 Å². The minimum atomic E-state index is -3.67. The number of aromatic nitrogens is 1. The predicted molar refractivity (Wildman–Crippen MR) is 185 cm³/mol. The third kappa shape index (κ3) is 8.23. The lowest BCUT2D eigenvalue weighted by Gasteiger charge is -2.27. The third-order valence-electron chi connectivity index (χ3n) is 10.2. The average Bonchev–Trinajstić information content (AvgIpc) is 3.34. The highest BCUT2D eigenvalue weighted by atomic mass is 32.2. The molecular weight excluding hydrogens is 680 g/mol. The first-order valence-corrected chi connectivity index (χ1v) is 19.7. The molecule has 3 heterocycles. The van der Waals surface area contributed by atoms with Crippen LogP contribution in [0.15, 0.2) is 41.3 Å². The molecular formula is C36H46N4O10S. The molecule has 1 saturated heterocycles. The predicted octanol–water partition coefficient (Wildman–Crippen LogP) is 3.90. The van der Waals surface area contributed by atoms with E-state index in [0.29, 0.717) is 24.6 Å². The topological polar surface area (TPSA) is 191 Å². The van der Waals surface area contributed by atoms with Crippen LogP contribution < -0.4 is 20.1 Å². The maximum absolute atomic E-state index is 14.1. The maximum atomic E-state index is 14.1. The fraction of sp³-hybridized carbons (Fsp3) is 0.583. The van der Waals surface area contributed by atoms with Crippen LogP contribution in [-0.2, 0) is 29.0 Å². The molecule has 0 spiro atoms. The summed E-state index contributed by atoms with van der Waals surface area (Å²) >= 11 is 0. The molecule has 3 fully saturated rings. The number of nitrogens with zero attached hydrogens (tertiary/aromatic N) is 2. The Morgan fingerprint density at radius 3 is 2.61 bits per heavy atom. The van der Waals surface area contributed by atoms with Crippen molar-refractivity contribution in [3.63, 3.8) is 0 Å². The smallest absolute Gasteiger partial charge is 0.407 e. The third-order valence-corrected chi connectivity index (χ3v) is 11.3. The van der Waals surface area contributed by atoms with Crippen molar-refractivity contribution in [3.8, 4) is 11.6 Å². The first-order chi connectivity index (χ1) is 24.4. The first kappa shape index (κ1) is 36.4. The van der Waals surface area contributed by atoms with Crippen LogP contribution in [0.3, 0.4) is 0 Å². The van der Waals surface area contributed by atoms with E-state index < -0.39 is 57.4 Å². The number of carbonyl (C=O) groups is 4.